The number of carbonyl (C=O) groups excluding carboxylic acids is 3. The molecular formula is C26H29BrN2O3. The maximum absolute atomic E-state index is 13.5. The number of amides is 3. The van der Waals surface area contributed by atoms with E-state index < -0.39 is 17.9 Å². The minimum Gasteiger partial charge on any atom is -0.307 e. The third-order valence-electron chi connectivity index (χ3n) is 6.75. The van der Waals surface area contributed by atoms with Gasteiger partial charge in [-0.2, -0.15) is 0 Å². The minimum atomic E-state index is -0.890. The van der Waals surface area contributed by atoms with E-state index in [4.69, 9.17) is 0 Å². The molecule has 6 heteroatoms. The van der Waals surface area contributed by atoms with Crippen molar-refractivity contribution in [1.82, 2.24) is 0 Å². The van der Waals surface area contributed by atoms with Crippen LogP contribution >= 0.6 is 15.9 Å². The molecule has 0 radical (unpaired) electrons. The highest BCUT2D eigenvalue weighted by molar-refractivity contribution is 9.10. The number of hydrogen-bond acceptors (Lipinski definition) is 3. The molecule has 1 heterocycles. The lowest BCUT2D eigenvalue weighted by Gasteiger charge is -2.29. The standard InChI is InChI=1S/C26H29BrN2O3/c1-2-3-6-17-9-11-18(12-10-17)24(30)23-21-7-4-5-8-22(21)29(25(23)31)26(32)28-20-15-13-19(27)14-16-20/h4-5,7-8,13-18,23H,2-3,6,9-12H2,1H3,(H,28,32). The molecule has 2 aliphatic rings. The number of urea groups is 1. The molecule has 0 saturated heterocycles. The zero-order chi connectivity index (χ0) is 22.7. The summed E-state index contributed by atoms with van der Waals surface area (Å²) in [7, 11) is 0. The second-order valence-electron chi connectivity index (χ2n) is 8.86. The first-order chi connectivity index (χ1) is 15.5. The summed E-state index contributed by atoms with van der Waals surface area (Å²) in [4.78, 5) is 41.0. The molecule has 1 unspecified atom stereocenters. The summed E-state index contributed by atoms with van der Waals surface area (Å²) in [6.45, 7) is 2.21. The van der Waals surface area contributed by atoms with E-state index in [1.165, 1.54) is 19.3 Å². The highest BCUT2D eigenvalue weighted by Gasteiger charge is 2.46. The predicted molar refractivity (Wildman–Crippen MR) is 130 cm³/mol. The number of nitrogens with zero attached hydrogens (tertiary/aromatic N) is 1. The first-order valence-electron chi connectivity index (χ1n) is 11.5. The maximum atomic E-state index is 13.5. The van der Waals surface area contributed by atoms with Gasteiger partial charge >= 0.3 is 6.03 Å². The molecule has 5 nitrogen and oxygen atoms in total. The number of para-hydroxylation sites is 1. The molecule has 0 spiro atoms. The zero-order valence-electron chi connectivity index (χ0n) is 18.4. The number of imide groups is 1. The molecule has 4 rings (SSSR count). The molecule has 168 valence electrons. The first kappa shape index (κ1) is 22.7. The Labute approximate surface area is 197 Å². The summed E-state index contributed by atoms with van der Waals surface area (Å²) in [5.74, 6) is -0.781. The zero-order valence-corrected chi connectivity index (χ0v) is 19.9. The summed E-state index contributed by atoms with van der Waals surface area (Å²) in [6.07, 6.45) is 7.44. The van der Waals surface area contributed by atoms with Crippen molar-refractivity contribution in [2.75, 3.05) is 10.2 Å². The minimum absolute atomic E-state index is 0.0321. The van der Waals surface area contributed by atoms with Gasteiger partial charge in [0.1, 0.15) is 5.92 Å². The highest BCUT2D eigenvalue weighted by atomic mass is 79.9. The Bertz CT molecular complexity index is 996. The normalized spacial score (nSPS) is 22.5. The van der Waals surface area contributed by atoms with E-state index in [0.717, 1.165) is 35.1 Å². The van der Waals surface area contributed by atoms with Gasteiger partial charge in [0, 0.05) is 16.1 Å². The Balaban J connectivity index is 1.50. The number of unbranched alkanes of at least 4 members (excludes halogenated alkanes) is 1. The largest absolute Gasteiger partial charge is 0.333 e. The molecule has 2 aromatic carbocycles. The molecule has 1 aliphatic carbocycles. The SMILES string of the molecule is CCCCC1CCC(C(=O)C2C(=O)N(C(=O)Nc3ccc(Br)cc3)c3ccccc32)CC1. The van der Waals surface area contributed by atoms with Crippen molar-refractivity contribution >= 4 is 45.0 Å². The average molecular weight is 497 g/mol. The van der Waals surface area contributed by atoms with Gasteiger partial charge in [0.2, 0.25) is 5.91 Å². The Morgan fingerprint density at radius 1 is 1.03 bits per heavy atom. The van der Waals surface area contributed by atoms with Crippen LogP contribution in [0, 0.1) is 11.8 Å². The summed E-state index contributed by atoms with van der Waals surface area (Å²) < 4.78 is 0.896. The quantitative estimate of drug-likeness (QED) is 0.453. The molecule has 1 atom stereocenters. The van der Waals surface area contributed by atoms with Gasteiger partial charge in [0.25, 0.3) is 0 Å². The van der Waals surface area contributed by atoms with Gasteiger partial charge in [0.05, 0.1) is 5.69 Å². The predicted octanol–water partition coefficient (Wildman–Crippen LogP) is 6.68. The lowest BCUT2D eigenvalue weighted by molar-refractivity contribution is -0.131. The van der Waals surface area contributed by atoms with Crippen molar-refractivity contribution in [2.45, 2.75) is 57.8 Å². The van der Waals surface area contributed by atoms with Gasteiger partial charge < -0.3 is 5.32 Å². The van der Waals surface area contributed by atoms with E-state index in [1.54, 1.807) is 30.3 Å². The van der Waals surface area contributed by atoms with E-state index in [1.807, 2.05) is 18.2 Å². The maximum Gasteiger partial charge on any atom is 0.333 e. The third kappa shape index (κ3) is 4.65. The van der Waals surface area contributed by atoms with Gasteiger partial charge in [-0.15, -0.1) is 0 Å². The van der Waals surface area contributed by atoms with Gasteiger partial charge in [-0.25, -0.2) is 9.69 Å². The number of fused-ring (bicyclic) bond motifs is 1. The molecule has 0 aromatic heterocycles. The van der Waals surface area contributed by atoms with Crippen molar-refractivity contribution in [3.8, 4) is 0 Å². The molecule has 0 bridgehead atoms. The number of anilines is 2. The number of benzene rings is 2. The monoisotopic (exact) mass is 496 g/mol. The van der Waals surface area contributed by atoms with E-state index in [0.29, 0.717) is 22.9 Å². The molecule has 1 aliphatic heterocycles. The van der Waals surface area contributed by atoms with Crippen molar-refractivity contribution in [1.29, 1.82) is 0 Å². The number of hydrogen-bond donors (Lipinski definition) is 1. The molecule has 1 saturated carbocycles. The molecule has 1 fully saturated rings. The molecule has 32 heavy (non-hydrogen) atoms. The van der Waals surface area contributed by atoms with E-state index in [-0.39, 0.29) is 11.7 Å². The molecule has 3 amide bonds. The van der Waals surface area contributed by atoms with Crippen LogP contribution in [0.25, 0.3) is 0 Å². The molecular weight excluding hydrogens is 468 g/mol. The fraction of sp³-hybridized carbons (Fsp3) is 0.423. The number of ketones is 1. The summed E-state index contributed by atoms with van der Waals surface area (Å²) in [6, 6.07) is 13.8. The number of nitrogens with one attached hydrogen (secondary N) is 1. The number of carbonyl (C=O) groups is 3. The number of halogens is 1. The first-order valence-corrected chi connectivity index (χ1v) is 12.3. The second-order valence-corrected chi connectivity index (χ2v) is 9.78. The Morgan fingerprint density at radius 2 is 1.72 bits per heavy atom. The van der Waals surface area contributed by atoms with Crippen LogP contribution in [0.2, 0.25) is 0 Å². The fourth-order valence-corrected chi connectivity index (χ4v) is 5.24. The van der Waals surface area contributed by atoms with Crippen LogP contribution in [0.3, 0.4) is 0 Å². The van der Waals surface area contributed by atoms with Crippen molar-refractivity contribution in [2.24, 2.45) is 11.8 Å². The highest BCUT2D eigenvalue weighted by Crippen LogP contribution is 2.42. The van der Waals surface area contributed by atoms with E-state index >= 15 is 0 Å². The van der Waals surface area contributed by atoms with Crippen LogP contribution in [0.4, 0.5) is 16.2 Å². The summed E-state index contributed by atoms with van der Waals surface area (Å²) >= 11 is 3.37. The topological polar surface area (TPSA) is 66.5 Å². The lowest BCUT2D eigenvalue weighted by Crippen LogP contribution is -2.41. The smallest absolute Gasteiger partial charge is 0.307 e. The van der Waals surface area contributed by atoms with Crippen molar-refractivity contribution in [3.63, 3.8) is 0 Å². The van der Waals surface area contributed by atoms with Crippen molar-refractivity contribution < 1.29 is 14.4 Å². The summed E-state index contributed by atoms with van der Waals surface area (Å²) in [5.41, 5.74) is 1.73. The van der Waals surface area contributed by atoms with E-state index in [2.05, 4.69) is 28.2 Å². The van der Waals surface area contributed by atoms with Crippen LogP contribution in [-0.2, 0) is 9.59 Å². The van der Waals surface area contributed by atoms with Gasteiger partial charge in [0.15, 0.2) is 5.78 Å². The second kappa shape index (κ2) is 9.99. The number of rotatable bonds is 6. The van der Waals surface area contributed by atoms with Crippen LogP contribution < -0.4 is 10.2 Å². The Kier molecular flexibility index (Phi) is 7.09. The van der Waals surface area contributed by atoms with Crippen LogP contribution in [0.1, 0.15) is 63.4 Å². The molecule has 1 N–H and O–H groups in total. The van der Waals surface area contributed by atoms with Crippen LogP contribution in [0.5, 0.6) is 0 Å². The van der Waals surface area contributed by atoms with Crippen LogP contribution in [-0.4, -0.2) is 17.7 Å². The van der Waals surface area contributed by atoms with Gasteiger partial charge in [-0.3, -0.25) is 9.59 Å². The Morgan fingerprint density at radius 3 is 2.41 bits per heavy atom. The fourth-order valence-electron chi connectivity index (χ4n) is 4.98. The van der Waals surface area contributed by atoms with Crippen molar-refractivity contribution in [3.05, 3.63) is 58.6 Å². The van der Waals surface area contributed by atoms with Gasteiger partial charge in [-0.1, -0.05) is 60.3 Å². The Hall–Kier alpha value is -2.47. The van der Waals surface area contributed by atoms with Crippen LogP contribution in [0.15, 0.2) is 53.0 Å². The lowest BCUT2D eigenvalue weighted by atomic mass is 9.75. The van der Waals surface area contributed by atoms with Gasteiger partial charge in [-0.05, 0) is 67.5 Å². The average Bonchev–Trinajstić information content (AvgIpc) is 3.10. The molecule has 2 aromatic rings. The van der Waals surface area contributed by atoms with E-state index in [9.17, 15) is 14.4 Å². The third-order valence-corrected chi connectivity index (χ3v) is 7.28. The number of Topliss-reactive ketones (excluding diaryl/α,β-unsaturated/α-hetero) is 1. The summed E-state index contributed by atoms with van der Waals surface area (Å²) in [5, 5.41) is 2.78.